The second-order valence-corrected chi connectivity index (χ2v) is 7.15. The van der Waals surface area contributed by atoms with Crippen molar-refractivity contribution >= 4 is 5.91 Å². The van der Waals surface area contributed by atoms with Crippen LogP contribution in [0.15, 0.2) is 22.6 Å². The van der Waals surface area contributed by atoms with Gasteiger partial charge in [-0.2, -0.15) is 0 Å². The molecule has 0 unspecified atom stereocenters. The van der Waals surface area contributed by atoms with Crippen molar-refractivity contribution in [1.82, 2.24) is 15.2 Å². The van der Waals surface area contributed by atoms with Crippen LogP contribution in [0.3, 0.4) is 0 Å². The van der Waals surface area contributed by atoms with Crippen molar-refractivity contribution in [2.24, 2.45) is 0 Å². The molecule has 1 N–H and O–H groups in total. The van der Waals surface area contributed by atoms with Crippen LogP contribution in [0.5, 0.6) is 11.5 Å². The van der Waals surface area contributed by atoms with Crippen molar-refractivity contribution in [3.8, 4) is 23.0 Å². The third-order valence-corrected chi connectivity index (χ3v) is 5.59. The molecule has 0 spiro atoms. The number of aryl methyl sites for hydroxylation is 1. The minimum absolute atomic E-state index is 0.144. The van der Waals surface area contributed by atoms with Gasteiger partial charge in [0.25, 0.3) is 0 Å². The normalized spacial score (nSPS) is 22.4. The Balaban J connectivity index is 1.62. The van der Waals surface area contributed by atoms with Gasteiger partial charge < -0.3 is 19.2 Å². The van der Waals surface area contributed by atoms with Gasteiger partial charge in [0.1, 0.15) is 17.3 Å². The fraction of sp³-hybridized carbons (Fsp3) is 0.500. The number of ether oxygens (including phenoxy) is 2. The molecule has 27 heavy (non-hydrogen) atoms. The van der Waals surface area contributed by atoms with Crippen LogP contribution in [-0.2, 0) is 11.3 Å². The Morgan fingerprint density at radius 3 is 2.85 bits per heavy atom. The number of amides is 1. The number of carbonyl (C=O) groups excluding carboxylic acids is 1. The summed E-state index contributed by atoms with van der Waals surface area (Å²) >= 11 is 0. The molecule has 7 heteroatoms. The summed E-state index contributed by atoms with van der Waals surface area (Å²) < 4.78 is 16.8. The molecule has 2 saturated heterocycles. The number of nitrogens with one attached hydrogen (secondary N) is 1. The van der Waals surface area contributed by atoms with Crippen LogP contribution < -0.4 is 14.8 Å². The van der Waals surface area contributed by atoms with Gasteiger partial charge in [0.15, 0.2) is 0 Å². The highest BCUT2D eigenvalue weighted by atomic mass is 16.5. The minimum atomic E-state index is 0.144. The standard InChI is InChI=1S/C20H25N3O4/c1-12-17(11-23-13-4-5-14(23)10-21-19(24)8-13)22-20(27-12)16-9-15(25-2)6-7-18(16)26-3/h6-7,9,13-14H,4-5,8,10-11H2,1-3H3,(H,21,24)/t13-,14+/m0/s1. The first-order chi connectivity index (χ1) is 13.1. The first-order valence-electron chi connectivity index (χ1n) is 9.30. The second-order valence-electron chi connectivity index (χ2n) is 7.15. The molecule has 2 fully saturated rings. The van der Waals surface area contributed by atoms with Gasteiger partial charge in [0.05, 0.1) is 25.5 Å². The SMILES string of the molecule is COc1ccc(OC)c(-c2nc(CN3[C@@H]4CC[C@H]3CC(=O)NC4)c(C)o2)c1. The highest BCUT2D eigenvalue weighted by Crippen LogP contribution is 2.35. The lowest BCUT2D eigenvalue weighted by molar-refractivity contribution is -0.121. The molecule has 2 aliphatic heterocycles. The van der Waals surface area contributed by atoms with Gasteiger partial charge in [-0.25, -0.2) is 4.98 Å². The number of hydrogen-bond acceptors (Lipinski definition) is 6. The zero-order chi connectivity index (χ0) is 19.0. The summed E-state index contributed by atoms with van der Waals surface area (Å²) in [5.74, 6) is 2.87. The Labute approximate surface area is 158 Å². The predicted octanol–water partition coefficient (Wildman–Crippen LogP) is 2.52. The fourth-order valence-electron chi connectivity index (χ4n) is 4.07. The van der Waals surface area contributed by atoms with Crippen LogP contribution in [-0.4, -0.2) is 48.6 Å². The van der Waals surface area contributed by atoms with Gasteiger partial charge in [-0.05, 0) is 38.0 Å². The monoisotopic (exact) mass is 371 g/mol. The number of methoxy groups -OCH3 is 2. The molecule has 3 heterocycles. The van der Waals surface area contributed by atoms with Gasteiger partial charge in [0.2, 0.25) is 11.8 Å². The maximum Gasteiger partial charge on any atom is 0.230 e. The predicted molar refractivity (Wildman–Crippen MR) is 99.8 cm³/mol. The molecule has 0 radical (unpaired) electrons. The van der Waals surface area contributed by atoms with E-state index in [4.69, 9.17) is 18.9 Å². The molecule has 1 amide bonds. The molecule has 0 saturated carbocycles. The van der Waals surface area contributed by atoms with Crippen LogP contribution in [0.25, 0.3) is 11.5 Å². The largest absolute Gasteiger partial charge is 0.497 e. The Morgan fingerprint density at radius 2 is 2.07 bits per heavy atom. The lowest BCUT2D eigenvalue weighted by atomic mass is 10.1. The highest BCUT2D eigenvalue weighted by molar-refractivity contribution is 5.77. The van der Waals surface area contributed by atoms with Crippen molar-refractivity contribution in [2.75, 3.05) is 20.8 Å². The fourth-order valence-corrected chi connectivity index (χ4v) is 4.07. The Bertz CT molecular complexity index is 848. The van der Waals surface area contributed by atoms with E-state index in [1.807, 2.05) is 25.1 Å². The van der Waals surface area contributed by atoms with Gasteiger partial charge in [0, 0.05) is 31.6 Å². The van der Waals surface area contributed by atoms with Crippen molar-refractivity contribution < 1.29 is 18.7 Å². The highest BCUT2D eigenvalue weighted by Gasteiger charge is 2.38. The van der Waals surface area contributed by atoms with E-state index < -0.39 is 0 Å². The quantitative estimate of drug-likeness (QED) is 0.870. The Kier molecular flexibility index (Phi) is 4.78. The molecule has 4 rings (SSSR count). The van der Waals surface area contributed by atoms with Crippen LogP contribution >= 0.6 is 0 Å². The molecule has 7 nitrogen and oxygen atoms in total. The summed E-state index contributed by atoms with van der Waals surface area (Å²) in [6.07, 6.45) is 2.73. The van der Waals surface area contributed by atoms with E-state index in [2.05, 4.69) is 10.2 Å². The van der Waals surface area contributed by atoms with Crippen molar-refractivity contribution in [3.63, 3.8) is 0 Å². The van der Waals surface area contributed by atoms with E-state index in [0.717, 1.165) is 35.6 Å². The summed E-state index contributed by atoms with van der Waals surface area (Å²) in [5, 5.41) is 3.01. The van der Waals surface area contributed by atoms with Crippen LogP contribution in [0.2, 0.25) is 0 Å². The van der Waals surface area contributed by atoms with Crippen LogP contribution in [0.1, 0.15) is 30.7 Å². The van der Waals surface area contributed by atoms with E-state index in [1.165, 1.54) is 0 Å². The molecule has 2 bridgehead atoms. The number of hydrogen-bond donors (Lipinski definition) is 1. The summed E-state index contributed by atoms with van der Waals surface area (Å²) in [6, 6.07) is 6.21. The van der Waals surface area contributed by atoms with Crippen molar-refractivity contribution in [1.29, 1.82) is 0 Å². The summed E-state index contributed by atoms with van der Waals surface area (Å²) in [7, 11) is 3.25. The lowest BCUT2D eigenvalue weighted by Gasteiger charge is -2.26. The molecule has 144 valence electrons. The third kappa shape index (κ3) is 3.39. The second kappa shape index (κ2) is 7.23. The van der Waals surface area contributed by atoms with Crippen molar-refractivity contribution in [2.45, 2.75) is 44.8 Å². The topological polar surface area (TPSA) is 76.8 Å². The summed E-state index contributed by atoms with van der Waals surface area (Å²) in [6.45, 7) is 3.33. The van der Waals surface area contributed by atoms with Crippen LogP contribution in [0, 0.1) is 6.92 Å². The van der Waals surface area contributed by atoms with Gasteiger partial charge in [-0.15, -0.1) is 0 Å². The minimum Gasteiger partial charge on any atom is -0.497 e. The van der Waals surface area contributed by atoms with Gasteiger partial charge >= 0.3 is 0 Å². The average molecular weight is 371 g/mol. The molecule has 1 aromatic carbocycles. The number of oxazole rings is 1. The number of aromatic nitrogens is 1. The number of nitrogens with zero attached hydrogens (tertiary/aromatic N) is 2. The maximum absolute atomic E-state index is 11.9. The van der Waals surface area contributed by atoms with E-state index in [9.17, 15) is 4.79 Å². The molecular formula is C20H25N3O4. The summed E-state index contributed by atoms with van der Waals surface area (Å²) in [5.41, 5.74) is 1.67. The maximum atomic E-state index is 11.9. The van der Waals surface area contributed by atoms with Gasteiger partial charge in [-0.1, -0.05) is 0 Å². The first-order valence-corrected chi connectivity index (χ1v) is 9.30. The molecule has 2 atom stereocenters. The zero-order valence-corrected chi connectivity index (χ0v) is 15.9. The lowest BCUT2D eigenvalue weighted by Crippen LogP contribution is -2.37. The van der Waals surface area contributed by atoms with E-state index in [1.54, 1.807) is 14.2 Å². The average Bonchev–Trinajstić information content (AvgIpc) is 3.17. The number of rotatable bonds is 5. The van der Waals surface area contributed by atoms with E-state index in [-0.39, 0.29) is 11.9 Å². The number of benzene rings is 1. The van der Waals surface area contributed by atoms with Crippen molar-refractivity contribution in [3.05, 3.63) is 29.7 Å². The van der Waals surface area contributed by atoms with Gasteiger partial charge in [-0.3, -0.25) is 9.69 Å². The number of carbonyl (C=O) groups is 1. The van der Waals surface area contributed by atoms with E-state index >= 15 is 0 Å². The van der Waals surface area contributed by atoms with Crippen LogP contribution in [0.4, 0.5) is 0 Å². The Hall–Kier alpha value is -2.54. The molecule has 0 aliphatic carbocycles. The Morgan fingerprint density at radius 1 is 1.26 bits per heavy atom. The number of fused-ring (bicyclic) bond motifs is 2. The molecule has 1 aromatic heterocycles. The molecule has 2 aliphatic rings. The third-order valence-electron chi connectivity index (χ3n) is 5.59. The van der Waals surface area contributed by atoms with E-state index in [0.29, 0.717) is 37.2 Å². The smallest absolute Gasteiger partial charge is 0.230 e. The first kappa shape index (κ1) is 17.9. The molecular weight excluding hydrogens is 346 g/mol. The summed E-state index contributed by atoms with van der Waals surface area (Å²) in [4.78, 5) is 19.0. The zero-order valence-electron chi connectivity index (χ0n) is 15.9. The molecule has 2 aromatic rings.